The lowest BCUT2D eigenvalue weighted by atomic mass is 9.94. The Balaban J connectivity index is 1.53. The van der Waals surface area contributed by atoms with Gasteiger partial charge >= 0.3 is 6.03 Å². The fourth-order valence-electron chi connectivity index (χ4n) is 2.57. The van der Waals surface area contributed by atoms with Crippen LogP contribution >= 0.6 is 0 Å². The van der Waals surface area contributed by atoms with E-state index in [1.165, 1.54) is 0 Å². The quantitative estimate of drug-likeness (QED) is 0.738. The van der Waals surface area contributed by atoms with Gasteiger partial charge in [0.1, 0.15) is 0 Å². The molecule has 2 heterocycles. The number of ether oxygens (including phenoxy) is 2. The molecule has 3 rings (SSSR count). The van der Waals surface area contributed by atoms with Crippen LogP contribution in [-0.4, -0.2) is 30.7 Å². The first-order valence-corrected chi connectivity index (χ1v) is 7.29. The number of amides is 4. The van der Waals surface area contributed by atoms with Crippen molar-refractivity contribution in [1.29, 1.82) is 0 Å². The Kier molecular flexibility index (Phi) is 4.05. The van der Waals surface area contributed by atoms with Crippen molar-refractivity contribution in [3.8, 4) is 11.5 Å². The number of nitrogens with one attached hydrogen (secondary N) is 3. The summed E-state index contributed by atoms with van der Waals surface area (Å²) in [5, 5.41) is 7.52. The van der Waals surface area contributed by atoms with Gasteiger partial charge in [-0.05, 0) is 24.6 Å². The van der Waals surface area contributed by atoms with Crippen LogP contribution in [-0.2, 0) is 16.1 Å². The highest BCUT2D eigenvalue weighted by molar-refractivity contribution is 6.00. The van der Waals surface area contributed by atoms with Crippen LogP contribution in [0.2, 0.25) is 0 Å². The highest BCUT2D eigenvalue weighted by Gasteiger charge is 2.33. The van der Waals surface area contributed by atoms with Crippen molar-refractivity contribution in [2.45, 2.75) is 25.9 Å². The van der Waals surface area contributed by atoms with E-state index in [-0.39, 0.29) is 25.2 Å². The van der Waals surface area contributed by atoms with E-state index in [2.05, 4.69) is 16.0 Å². The molecule has 2 atom stereocenters. The van der Waals surface area contributed by atoms with Gasteiger partial charge in [0.15, 0.2) is 11.5 Å². The van der Waals surface area contributed by atoms with E-state index in [1.807, 2.05) is 6.07 Å². The third-order valence-corrected chi connectivity index (χ3v) is 3.87. The molecule has 2 aliphatic heterocycles. The smallest absolute Gasteiger partial charge is 0.321 e. The molecule has 0 saturated carbocycles. The number of hydrogen-bond donors (Lipinski definition) is 3. The second-order valence-corrected chi connectivity index (χ2v) is 5.53. The average Bonchev–Trinajstić information content (AvgIpc) is 2.96. The summed E-state index contributed by atoms with van der Waals surface area (Å²) in [7, 11) is 0. The lowest BCUT2D eigenvalue weighted by Gasteiger charge is -2.28. The first-order valence-electron chi connectivity index (χ1n) is 7.29. The molecule has 1 aromatic rings. The third-order valence-electron chi connectivity index (χ3n) is 3.87. The first-order chi connectivity index (χ1) is 11.0. The van der Waals surface area contributed by atoms with Gasteiger partial charge in [-0.2, -0.15) is 0 Å². The van der Waals surface area contributed by atoms with Gasteiger partial charge in [-0.25, -0.2) is 4.79 Å². The number of imide groups is 1. The largest absolute Gasteiger partial charge is 0.454 e. The minimum absolute atomic E-state index is 0.0117. The lowest BCUT2D eigenvalue weighted by molar-refractivity contribution is -0.131. The molecule has 23 heavy (non-hydrogen) atoms. The number of urea groups is 1. The molecule has 8 nitrogen and oxygen atoms in total. The zero-order valence-corrected chi connectivity index (χ0v) is 12.5. The number of fused-ring (bicyclic) bond motifs is 1. The highest BCUT2D eigenvalue weighted by atomic mass is 16.7. The van der Waals surface area contributed by atoms with E-state index in [0.29, 0.717) is 18.0 Å². The topological polar surface area (TPSA) is 106 Å². The predicted molar refractivity (Wildman–Crippen MR) is 78.7 cm³/mol. The normalized spacial score (nSPS) is 22.3. The van der Waals surface area contributed by atoms with Gasteiger partial charge in [0.25, 0.3) is 0 Å². The minimum Gasteiger partial charge on any atom is -0.454 e. The molecule has 122 valence electrons. The maximum atomic E-state index is 12.0. The third kappa shape index (κ3) is 3.36. The summed E-state index contributed by atoms with van der Waals surface area (Å²) < 4.78 is 10.5. The molecule has 1 fully saturated rings. The summed E-state index contributed by atoms with van der Waals surface area (Å²) in [6.45, 7) is 2.22. The molecule has 1 saturated heterocycles. The number of benzene rings is 1. The minimum atomic E-state index is -0.579. The summed E-state index contributed by atoms with van der Waals surface area (Å²) >= 11 is 0. The summed E-state index contributed by atoms with van der Waals surface area (Å²) in [6.07, 6.45) is 0.0117. The van der Waals surface area contributed by atoms with Crippen LogP contribution in [0.15, 0.2) is 18.2 Å². The molecule has 8 heteroatoms. The number of carbonyl (C=O) groups is 3. The van der Waals surface area contributed by atoms with Crippen LogP contribution in [0.5, 0.6) is 11.5 Å². The summed E-state index contributed by atoms with van der Waals surface area (Å²) in [5.41, 5.74) is 0.872. The van der Waals surface area contributed by atoms with Crippen molar-refractivity contribution >= 4 is 17.8 Å². The maximum absolute atomic E-state index is 12.0. The summed E-state index contributed by atoms with van der Waals surface area (Å²) in [4.78, 5) is 35.0. The summed E-state index contributed by atoms with van der Waals surface area (Å²) in [5.74, 6) is 0.0676. The van der Waals surface area contributed by atoms with Crippen molar-refractivity contribution in [2.75, 3.05) is 6.79 Å². The first kappa shape index (κ1) is 15.1. The summed E-state index contributed by atoms with van der Waals surface area (Å²) in [6, 6.07) is 4.52. The van der Waals surface area contributed by atoms with E-state index in [4.69, 9.17) is 9.47 Å². The van der Waals surface area contributed by atoms with Crippen molar-refractivity contribution in [3.05, 3.63) is 23.8 Å². The predicted octanol–water partition coefficient (Wildman–Crippen LogP) is 0.266. The van der Waals surface area contributed by atoms with Crippen molar-refractivity contribution < 1.29 is 23.9 Å². The second-order valence-electron chi connectivity index (χ2n) is 5.53. The van der Waals surface area contributed by atoms with E-state index in [1.54, 1.807) is 19.1 Å². The molecule has 4 amide bonds. The Morgan fingerprint density at radius 1 is 1.30 bits per heavy atom. The van der Waals surface area contributed by atoms with Crippen molar-refractivity contribution in [1.82, 2.24) is 16.0 Å². The van der Waals surface area contributed by atoms with Gasteiger partial charge < -0.3 is 20.1 Å². The Morgan fingerprint density at radius 2 is 2.09 bits per heavy atom. The molecule has 3 N–H and O–H groups in total. The highest BCUT2D eigenvalue weighted by Crippen LogP contribution is 2.32. The SMILES string of the molecule is CC1NC(=O)NC(=O)C1CC(=O)NCc1ccc2c(c1)OCO2. The maximum Gasteiger partial charge on any atom is 0.321 e. The molecule has 2 aliphatic rings. The van der Waals surface area contributed by atoms with Crippen LogP contribution in [0, 0.1) is 5.92 Å². The molecular weight excluding hydrogens is 302 g/mol. The Hall–Kier alpha value is -2.77. The lowest BCUT2D eigenvalue weighted by Crippen LogP contribution is -2.57. The van der Waals surface area contributed by atoms with Crippen LogP contribution in [0.25, 0.3) is 0 Å². The van der Waals surface area contributed by atoms with Gasteiger partial charge in [-0.15, -0.1) is 0 Å². The Morgan fingerprint density at radius 3 is 2.87 bits per heavy atom. The molecule has 0 spiro atoms. The second kappa shape index (κ2) is 6.15. The number of hydrogen-bond acceptors (Lipinski definition) is 5. The Labute approximate surface area is 132 Å². The van der Waals surface area contributed by atoms with Crippen LogP contribution < -0.4 is 25.4 Å². The number of rotatable bonds is 4. The van der Waals surface area contributed by atoms with Crippen LogP contribution in [0.1, 0.15) is 18.9 Å². The van der Waals surface area contributed by atoms with E-state index < -0.39 is 17.9 Å². The molecule has 0 aromatic heterocycles. The van der Waals surface area contributed by atoms with Gasteiger partial charge in [-0.1, -0.05) is 6.07 Å². The molecule has 0 aliphatic carbocycles. The fourth-order valence-corrected chi connectivity index (χ4v) is 2.57. The molecule has 1 aromatic carbocycles. The number of carbonyl (C=O) groups excluding carboxylic acids is 3. The zero-order valence-electron chi connectivity index (χ0n) is 12.5. The average molecular weight is 319 g/mol. The van der Waals surface area contributed by atoms with E-state index in [9.17, 15) is 14.4 Å². The molecule has 2 unspecified atom stereocenters. The fraction of sp³-hybridized carbons (Fsp3) is 0.400. The van der Waals surface area contributed by atoms with Crippen molar-refractivity contribution in [3.63, 3.8) is 0 Å². The Bertz CT molecular complexity index is 661. The van der Waals surface area contributed by atoms with Gasteiger partial charge in [0, 0.05) is 19.0 Å². The molecule has 0 bridgehead atoms. The molecular formula is C15H17N3O5. The monoisotopic (exact) mass is 319 g/mol. The standard InChI is InChI=1S/C15H17N3O5/c1-8-10(14(20)18-15(21)17-8)5-13(19)16-6-9-2-3-11-12(4-9)23-7-22-11/h2-4,8,10H,5-7H2,1H3,(H,16,19)(H2,17,18,20,21). The van der Waals surface area contributed by atoms with E-state index in [0.717, 1.165) is 5.56 Å². The van der Waals surface area contributed by atoms with E-state index >= 15 is 0 Å². The van der Waals surface area contributed by atoms with Gasteiger partial charge in [0.2, 0.25) is 18.6 Å². The van der Waals surface area contributed by atoms with Crippen LogP contribution in [0.4, 0.5) is 4.79 Å². The van der Waals surface area contributed by atoms with Gasteiger partial charge in [0.05, 0.1) is 5.92 Å². The van der Waals surface area contributed by atoms with Gasteiger partial charge in [-0.3, -0.25) is 14.9 Å². The van der Waals surface area contributed by atoms with Crippen LogP contribution in [0.3, 0.4) is 0 Å². The molecule has 0 radical (unpaired) electrons. The zero-order chi connectivity index (χ0) is 16.4. The van der Waals surface area contributed by atoms with Crippen molar-refractivity contribution in [2.24, 2.45) is 5.92 Å².